The van der Waals surface area contributed by atoms with Gasteiger partial charge in [-0.15, -0.1) is 11.8 Å². The summed E-state index contributed by atoms with van der Waals surface area (Å²) in [6.07, 6.45) is 5.24. The number of carbonyl (C=O) groups excluding carboxylic acids is 1. The molecule has 1 nitrogen and oxygen atoms in total. The standard InChI is InChI=1S/C16H22OS/c1-11-8-9-14(10-12(11)2)16(17)13(3)18-15-6-4-5-7-15/h8-10,13,15H,4-7H2,1-3H3. The molecule has 2 heteroatoms. The number of aryl methyl sites for hydroxylation is 2. The van der Waals surface area contributed by atoms with Crippen molar-refractivity contribution in [2.75, 3.05) is 0 Å². The van der Waals surface area contributed by atoms with E-state index < -0.39 is 0 Å². The summed E-state index contributed by atoms with van der Waals surface area (Å²) in [5.41, 5.74) is 3.33. The van der Waals surface area contributed by atoms with Gasteiger partial charge in [-0.1, -0.05) is 25.0 Å². The summed E-state index contributed by atoms with van der Waals surface area (Å²) >= 11 is 1.87. The Labute approximate surface area is 114 Å². The van der Waals surface area contributed by atoms with Crippen molar-refractivity contribution in [2.45, 2.75) is 57.0 Å². The first-order valence-corrected chi connectivity index (χ1v) is 7.79. The largest absolute Gasteiger partial charge is 0.293 e. The van der Waals surface area contributed by atoms with E-state index in [0.717, 1.165) is 5.56 Å². The summed E-state index contributed by atoms with van der Waals surface area (Å²) < 4.78 is 0. The summed E-state index contributed by atoms with van der Waals surface area (Å²) in [7, 11) is 0. The Balaban J connectivity index is 2.02. The summed E-state index contributed by atoms with van der Waals surface area (Å²) in [5, 5.41) is 0.797. The molecule has 0 aromatic heterocycles. The Hall–Kier alpha value is -0.760. The number of carbonyl (C=O) groups is 1. The molecule has 0 aliphatic heterocycles. The van der Waals surface area contributed by atoms with Crippen LogP contribution in [0.5, 0.6) is 0 Å². The molecule has 18 heavy (non-hydrogen) atoms. The summed E-state index contributed by atoms with van der Waals surface area (Å²) in [6.45, 7) is 6.21. The molecule has 1 aliphatic carbocycles. The van der Waals surface area contributed by atoms with Crippen molar-refractivity contribution in [1.82, 2.24) is 0 Å². The minimum atomic E-state index is 0.0928. The Bertz CT molecular complexity index is 433. The zero-order chi connectivity index (χ0) is 13.1. The van der Waals surface area contributed by atoms with Gasteiger partial charge in [0.25, 0.3) is 0 Å². The van der Waals surface area contributed by atoms with Gasteiger partial charge in [-0.2, -0.15) is 0 Å². The van der Waals surface area contributed by atoms with Crippen molar-refractivity contribution < 1.29 is 4.79 Å². The quantitative estimate of drug-likeness (QED) is 0.740. The third kappa shape index (κ3) is 3.17. The van der Waals surface area contributed by atoms with Gasteiger partial charge >= 0.3 is 0 Å². The van der Waals surface area contributed by atoms with E-state index in [1.54, 1.807) is 0 Å². The Kier molecular flexibility index (Phi) is 4.50. The van der Waals surface area contributed by atoms with E-state index in [4.69, 9.17) is 0 Å². The molecule has 0 spiro atoms. The van der Waals surface area contributed by atoms with Crippen molar-refractivity contribution >= 4 is 17.5 Å². The van der Waals surface area contributed by atoms with E-state index >= 15 is 0 Å². The lowest BCUT2D eigenvalue weighted by Gasteiger charge is -2.15. The number of hydrogen-bond donors (Lipinski definition) is 0. The van der Waals surface area contributed by atoms with Crippen LogP contribution in [0.2, 0.25) is 0 Å². The Morgan fingerprint density at radius 2 is 1.89 bits per heavy atom. The van der Waals surface area contributed by atoms with E-state index in [-0.39, 0.29) is 11.0 Å². The maximum Gasteiger partial charge on any atom is 0.175 e. The van der Waals surface area contributed by atoms with Gasteiger partial charge in [-0.3, -0.25) is 4.79 Å². The zero-order valence-corrected chi connectivity index (χ0v) is 12.3. The van der Waals surface area contributed by atoms with E-state index in [0.29, 0.717) is 5.25 Å². The third-order valence-corrected chi connectivity index (χ3v) is 5.34. The van der Waals surface area contributed by atoms with Crippen LogP contribution in [-0.2, 0) is 0 Å². The highest BCUT2D eigenvalue weighted by Crippen LogP contribution is 2.33. The number of hydrogen-bond acceptors (Lipinski definition) is 2. The fraction of sp³-hybridized carbons (Fsp3) is 0.562. The fourth-order valence-corrected chi connectivity index (χ4v) is 3.95. The molecule has 0 N–H and O–H groups in total. The van der Waals surface area contributed by atoms with Gasteiger partial charge in [0.2, 0.25) is 0 Å². The molecule has 2 rings (SSSR count). The monoisotopic (exact) mass is 262 g/mol. The molecule has 0 amide bonds. The van der Waals surface area contributed by atoms with Crippen LogP contribution in [0.15, 0.2) is 18.2 Å². The summed E-state index contributed by atoms with van der Waals surface area (Å²) in [6, 6.07) is 6.05. The second-order valence-electron chi connectivity index (χ2n) is 5.35. The molecule has 98 valence electrons. The highest BCUT2D eigenvalue weighted by atomic mass is 32.2. The van der Waals surface area contributed by atoms with Gasteiger partial charge < -0.3 is 0 Å². The second kappa shape index (κ2) is 5.92. The van der Waals surface area contributed by atoms with Gasteiger partial charge in [0.1, 0.15) is 0 Å². The van der Waals surface area contributed by atoms with E-state index in [9.17, 15) is 4.79 Å². The van der Waals surface area contributed by atoms with Gasteiger partial charge in [0, 0.05) is 10.8 Å². The zero-order valence-electron chi connectivity index (χ0n) is 11.5. The van der Waals surface area contributed by atoms with Crippen LogP contribution < -0.4 is 0 Å². The predicted octanol–water partition coefficient (Wildman–Crippen LogP) is 4.55. The molecule has 1 fully saturated rings. The van der Waals surface area contributed by atoms with Crippen LogP contribution in [0.1, 0.15) is 54.1 Å². The lowest BCUT2D eigenvalue weighted by molar-refractivity contribution is 0.0993. The molecular weight excluding hydrogens is 240 g/mol. The van der Waals surface area contributed by atoms with Crippen molar-refractivity contribution in [3.63, 3.8) is 0 Å². The lowest BCUT2D eigenvalue weighted by atomic mass is 10.0. The highest BCUT2D eigenvalue weighted by molar-refractivity contribution is 8.01. The number of benzene rings is 1. The van der Waals surface area contributed by atoms with Crippen molar-refractivity contribution in [3.05, 3.63) is 34.9 Å². The topological polar surface area (TPSA) is 17.1 Å². The van der Waals surface area contributed by atoms with Crippen molar-refractivity contribution in [2.24, 2.45) is 0 Å². The average Bonchev–Trinajstić information content (AvgIpc) is 2.84. The van der Waals surface area contributed by atoms with Crippen LogP contribution in [0.3, 0.4) is 0 Å². The molecule has 0 bridgehead atoms. The Morgan fingerprint density at radius 3 is 2.50 bits per heavy atom. The second-order valence-corrected chi connectivity index (χ2v) is 6.99. The highest BCUT2D eigenvalue weighted by Gasteiger charge is 2.23. The maximum absolute atomic E-state index is 12.4. The first-order valence-electron chi connectivity index (χ1n) is 6.85. The van der Waals surface area contributed by atoms with Crippen LogP contribution >= 0.6 is 11.8 Å². The smallest absolute Gasteiger partial charge is 0.175 e. The molecule has 1 aromatic carbocycles. The number of Topliss-reactive ketones (excluding diaryl/α,β-unsaturated/α-hetero) is 1. The minimum Gasteiger partial charge on any atom is -0.293 e. The molecule has 0 heterocycles. The molecule has 1 aliphatic rings. The predicted molar refractivity (Wildman–Crippen MR) is 79.6 cm³/mol. The SMILES string of the molecule is Cc1ccc(C(=O)C(C)SC2CCCC2)cc1C. The van der Waals surface area contributed by atoms with Crippen LogP contribution in [0.25, 0.3) is 0 Å². The van der Waals surface area contributed by atoms with Gasteiger partial charge in [0.05, 0.1) is 5.25 Å². The van der Waals surface area contributed by atoms with Crippen LogP contribution in [-0.4, -0.2) is 16.3 Å². The first kappa shape index (κ1) is 13.7. The summed E-state index contributed by atoms with van der Waals surface area (Å²) in [5.74, 6) is 0.287. The van der Waals surface area contributed by atoms with Gasteiger partial charge in [-0.25, -0.2) is 0 Å². The van der Waals surface area contributed by atoms with E-state index in [1.165, 1.54) is 36.8 Å². The molecular formula is C16H22OS. The molecule has 0 saturated heterocycles. The molecule has 1 saturated carbocycles. The van der Waals surface area contributed by atoms with E-state index in [2.05, 4.69) is 26.8 Å². The number of rotatable bonds is 4. The molecule has 1 unspecified atom stereocenters. The van der Waals surface area contributed by atoms with Crippen molar-refractivity contribution in [1.29, 1.82) is 0 Å². The third-order valence-electron chi connectivity index (χ3n) is 3.86. The molecule has 1 atom stereocenters. The van der Waals surface area contributed by atoms with Gasteiger partial charge in [-0.05, 0) is 50.8 Å². The maximum atomic E-state index is 12.4. The molecule has 0 radical (unpaired) electrons. The summed E-state index contributed by atoms with van der Waals surface area (Å²) in [4.78, 5) is 12.4. The molecule has 1 aromatic rings. The van der Waals surface area contributed by atoms with Gasteiger partial charge in [0.15, 0.2) is 5.78 Å². The number of ketones is 1. The van der Waals surface area contributed by atoms with Crippen LogP contribution in [0.4, 0.5) is 0 Å². The van der Waals surface area contributed by atoms with Crippen LogP contribution in [0, 0.1) is 13.8 Å². The van der Waals surface area contributed by atoms with E-state index in [1.807, 2.05) is 23.9 Å². The number of thioether (sulfide) groups is 1. The lowest BCUT2D eigenvalue weighted by Crippen LogP contribution is -2.17. The fourth-order valence-electron chi connectivity index (χ4n) is 2.50. The minimum absolute atomic E-state index is 0.0928. The first-order chi connectivity index (χ1) is 8.58. The van der Waals surface area contributed by atoms with Crippen molar-refractivity contribution in [3.8, 4) is 0 Å². The Morgan fingerprint density at radius 1 is 1.22 bits per heavy atom. The average molecular weight is 262 g/mol. The normalized spacial score (nSPS) is 17.9.